The predicted molar refractivity (Wildman–Crippen MR) is 167 cm³/mol. The van der Waals surface area contributed by atoms with Crippen molar-refractivity contribution in [2.24, 2.45) is 44.8 Å². The summed E-state index contributed by atoms with van der Waals surface area (Å²) in [5.41, 5.74) is -2.26. The van der Waals surface area contributed by atoms with E-state index in [1.165, 1.54) is 0 Å². The van der Waals surface area contributed by atoms with Crippen LogP contribution >= 0.6 is 0 Å². The fraction of sp³-hybridized carbons (Fsp3) is 1.00. The Morgan fingerprint density at radius 2 is 1.48 bits per heavy atom. The third-order valence-corrected chi connectivity index (χ3v) is 15.9. The molecule has 0 amide bonds. The van der Waals surface area contributed by atoms with Gasteiger partial charge in [-0.1, -0.05) is 27.7 Å². The van der Waals surface area contributed by atoms with Crippen molar-refractivity contribution in [2.45, 2.75) is 173 Å². The van der Waals surface area contributed by atoms with Gasteiger partial charge in [-0.25, -0.2) is 0 Å². The van der Waals surface area contributed by atoms with E-state index in [1.807, 2.05) is 13.8 Å². The fourth-order valence-electron chi connectivity index (χ4n) is 13.7. The summed E-state index contributed by atoms with van der Waals surface area (Å²) in [5.74, 6) is 0.176. The number of rotatable bonds is 5. The van der Waals surface area contributed by atoms with Gasteiger partial charge in [0.25, 0.3) is 0 Å². The minimum absolute atomic E-state index is 0.0295. The number of fused-ring (bicyclic) bond motifs is 2. The molecule has 0 aromatic rings. The van der Waals surface area contributed by atoms with Gasteiger partial charge in [0.15, 0.2) is 6.29 Å². The molecule has 0 aromatic heterocycles. The lowest BCUT2D eigenvalue weighted by molar-refractivity contribution is -0.329. The van der Waals surface area contributed by atoms with E-state index < -0.39 is 66.1 Å². The van der Waals surface area contributed by atoms with Gasteiger partial charge in [-0.05, 0) is 117 Å². The summed E-state index contributed by atoms with van der Waals surface area (Å²) in [6.45, 7) is 14.3. The molecule has 17 atom stereocenters. The quantitative estimate of drug-likeness (QED) is 0.219. The van der Waals surface area contributed by atoms with Crippen LogP contribution in [-0.2, 0) is 14.2 Å². The maximum atomic E-state index is 12.2. The molecule has 46 heavy (non-hydrogen) atoms. The highest BCUT2D eigenvalue weighted by atomic mass is 16.7. The van der Waals surface area contributed by atoms with E-state index in [9.17, 15) is 35.7 Å². The van der Waals surface area contributed by atoms with Gasteiger partial charge in [-0.15, -0.1) is 0 Å². The second-order valence-electron chi connectivity index (χ2n) is 18.7. The lowest BCUT2D eigenvalue weighted by Gasteiger charge is -2.64. The second kappa shape index (κ2) is 10.3. The first kappa shape index (κ1) is 34.1. The van der Waals surface area contributed by atoms with Gasteiger partial charge < -0.3 is 50.0 Å². The Morgan fingerprint density at radius 1 is 0.783 bits per heavy atom. The van der Waals surface area contributed by atoms with Crippen LogP contribution in [-0.4, -0.2) is 109 Å². The van der Waals surface area contributed by atoms with Crippen molar-refractivity contribution in [1.82, 2.24) is 0 Å². The summed E-state index contributed by atoms with van der Waals surface area (Å²) >= 11 is 0. The van der Waals surface area contributed by atoms with E-state index in [-0.39, 0.29) is 51.6 Å². The zero-order chi connectivity index (χ0) is 33.6. The fourth-order valence-corrected chi connectivity index (χ4v) is 13.7. The summed E-state index contributed by atoms with van der Waals surface area (Å²) in [5, 5.41) is 75.9. The molecule has 10 heteroatoms. The molecule has 2 saturated heterocycles. The first-order chi connectivity index (χ1) is 21.2. The minimum Gasteiger partial charge on any atom is -0.394 e. The van der Waals surface area contributed by atoms with E-state index in [4.69, 9.17) is 14.2 Å². The molecule has 0 unspecified atom stereocenters. The van der Waals surface area contributed by atoms with E-state index in [0.29, 0.717) is 19.3 Å². The zero-order valence-electron chi connectivity index (χ0n) is 28.9. The number of hydrogen-bond donors (Lipinski definition) is 7. The largest absolute Gasteiger partial charge is 0.394 e. The van der Waals surface area contributed by atoms with Gasteiger partial charge in [0.2, 0.25) is 0 Å². The first-order valence-electron chi connectivity index (χ1n) is 17.9. The standard InChI is InChI=1S/C36H60O10/c1-30(2)22(45-29-26(42)25(41)24(40)20(16-37)44-29)9-11-36-17-35(36)13-12-32(5)28(34(7)10-8-23(46-34)31(3,4)43)19(39)15-33(32,6)21(35)14-18(38)27(30)36/h18-29,37-43H,8-17H2,1-7H3/t18-,19-,20-,21+,22-,23-,24-,25-,26-,27-,28+,29+,32+,33-,34-,35-,36+/m0/s1. The normalized spacial score (nSPS) is 59.3. The molecule has 7 N–H and O–H groups in total. The highest BCUT2D eigenvalue weighted by Crippen LogP contribution is 2.89. The Balaban J connectivity index is 1.15. The number of ether oxygens (including phenoxy) is 3. The summed E-state index contributed by atoms with van der Waals surface area (Å²) in [7, 11) is 0. The van der Waals surface area contributed by atoms with Crippen molar-refractivity contribution in [3.05, 3.63) is 0 Å². The molecule has 7 fully saturated rings. The molecule has 2 spiro atoms. The Labute approximate surface area is 273 Å². The van der Waals surface area contributed by atoms with Crippen LogP contribution in [0.15, 0.2) is 0 Å². The lowest BCUT2D eigenvalue weighted by atomic mass is 9.41. The van der Waals surface area contributed by atoms with Crippen LogP contribution in [0.1, 0.15) is 106 Å². The highest BCUT2D eigenvalue weighted by molar-refractivity contribution is 5.33. The smallest absolute Gasteiger partial charge is 0.186 e. The topological polar surface area (TPSA) is 169 Å². The summed E-state index contributed by atoms with van der Waals surface area (Å²) in [6.07, 6.45) is -0.708. The third kappa shape index (κ3) is 4.24. The van der Waals surface area contributed by atoms with Crippen LogP contribution in [0.3, 0.4) is 0 Å². The summed E-state index contributed by atoms with van der Waals surface area (Å²) in [4.78, 5) is 0. The van der Waals surface area contributed by atoms with Crippen molar-refractivity contribution >= 4 is 0 Å². The van der Waals surface area contributed by atoms with E-state index in [2.05, 4.69) is 34.6 Å². The van der Waals surface area contributed by atoms with Gasteiger partial charge in [-0.2, -0.15) is 0 Å². The minimum atomic E-state index is -1.50. The molecule has 264 valence electrons. The number of hydrogen-bond acceptors (Lipinski definition) is 10. The lowest BCUT2D eigenvalue weighted by Crippen LogP contribution is -2.64. The number of aliphatic hydroxyl groups is 7. The monoisotopic (exact) mass is 652 g/mol. The van der Waals surface area contributed by atoms with Crippen LogP contribution in [0, 0.1) is 44.8 Å². The van der Waals surface area contributed by atoms with Crippen LogP contribution in [0.2, 0.25) is 0 Å². The Bertz CT molecular complexity index is 1200. The zero-order valence-corrected chi connectivity index (χ0v) is 28.9. The third-order valence-electron chi connectivity index (χ3n) is 15.9. The predicted octanol–water partition coefficient (Wildman–Crippen LogP) is 2.26. The van der Waals surface area contributed by atoms with Gasteiger partial charge in [-0.3, -0.25) is 0 Å². The highest BCUT2D eigenvalue weighted by Gasteiger charge is 2.85. The molecule has 7 aliphatic rings. The first-order valence-corrected chi connectivity index (χ1v) is 17.9. The molecule has 0 radical (unpaired) electrons. The summed E-state index contributed by atoms with van der Waals surface area (Å²) in [6, 6.07) is 0. The van der Waals surface area contributed by atoms with Gasteiger partial charge >= 0.3 is 0 Å². The second-order valence-corrected chi connectivity index (χ2v) is 18.7. The Morgan fingerprint density at radius 3 is 2.11 bits per heavy atom. The molecule has 2 aliphatic heterocycles. The van der Waals surface area contributed by atoms with Crippen molar-refractivity contribution in [3.63, 3.8) is 0 Å². The van der Waals surface area contributed by atoms with Gasteiger partial charge in [0.05, 0.1) is 42.2 Å². The molecule has 2 heterocycles. The molecule has 5 saturated carbocycles. The van der Waals surface area contributed by atoms with Crippen molar-refractivity contribution < 1.29 is 50.0 Å². The molecule has 0 bridgehead atoms. The Kier molecular flexibility index (Phi) is 7.65. The van der Waals surface area contributed by atoms with Crippen molar-refractivity contribution in [3.8, 4) is 0 Å². The Hall–Kier alpha value is -0.400. The van der Waals surface area contributed by atoms with E-state index in [0.717, 1.165) is 38.5 Å². The van der Waals surface area contributed by atoms with Crippen LogP contribution in [0.25, 0.3) is 0 Å². The van der Waals surface area contributed by atoms with Crippen molar-refractivity contribution in [1.29, 1.82) is 0 Å². The molecule has 0 aromatic carbocycles. The number of aliphatic hydroxyl groups excluding tert-OH is 6. The van der Waals surface area contributed by atoms with Crippen LogP contribution in [0.5, 0.6) is 0 Å². The average molecular weight is 653 g/mol. The molecular formula is C36H60O10. The van der Waals surface area contributed by atoms with Crippen LogP contribution < -0.4 is 0 Å². The average Bonchev–Trinajstić information content (AvgIpc) is 3.31. The van der Waals surface area contributed by atoms with Gasteiger partial charge in [0.1, 0.15) is 24.4 Å². The van der Waals surface area contributed by atoms with E-state index >= 15 is 0 Å². The molecule has 5 aliphatic carbocycles. The molecule has 7 rings (SSSR count). The SMILES string of the molecule is CC(C)(O)[C@@H]1CC[C@@](C)([C@@H]2[C@@H](O)C[C@@]3(C)[C@H]4C[C@H](O)[C@H]5C(C)(C)[C@@H](O[C@H]6O[C@@H](CO)[C@H](O)[C@H](O)[C@@H]6O)CC[C@@]56C[C@@]46CC[C@]23C)O1. The summed E-state index contributed by atoms with van der Waals surface area (Å²) < 4.78 is 18.8. The van der Waals surface area contributed by atoms with Gasteiger partial charge in [0, 0.05) is 5.92 Å². The maximum Gasteiger partial charge on any atom is 0.186 e. The van der Waals surface area contributed by atoms with E-state index in [1.54, 1.807) is 0 Å². The molecule has 10 nitrogen and oxygen atoms in total. The molecular weight excluding hydrogens is 592 g/mol. The van der Waals surface area contributed by atoms with Crippen molar-refractivity contribution in [2.75, 3.05) is 6.61 Å². The van der Waals surface area contributed by atoms with Crippen LogP contribution in [0.4, 0.5) is 0 Å². The maximum absolute atomic E-state index is 12.2.